The Labute approximate surface area is 160 Å². The van der Waals surface area contributed by atoms with E-state index in [0.717, 1.165) is 31.8 Å². The summed E-state index contributed by atoms with van der Waals surface area (Å²) in [7, 11) is 0. The van der Waals surface area contributed by atoms with Crippen molar-refractivity contribution >= 4 is 23.6 Å². The Kier molecular flexibility index (Phi) is 6.12. The number of rotatable bonds is 6. The number of nitrogens with one attached hydrogen (secondary N) is 3. The van der Waals surface area contributed by atoms with Crippen molar-refractivity contribution < 1.29 is 18.0 Å². The number of allylic oxidation sites excluding steroid dienone is 1. The summed E-state index contributed by atoms with van der Waals surface area (Å²) in [5, 5.41) is 13.5. The van der Waals surface area contributed by atoms with Crippen LogP contribution in [0.15, 0.2) is 12.3 Å². The van der Waals surface area contributed by atoms with Crippen molar-refractivity contribution in [2.75, 3.05) is 50.7 Å². The number of anilines is 1. The summed E-state index contributed by atoms with van der Waals surface area (Å²) in [4.78, 5) is 23.3. The van der Waals surface area contributed by atoms with Crippen LogP contribution in [-0.4, -0.2) is 72.8 Å². The smallest absolute Gasteiger partial charge is 0.382 e. The van der Waals surface area contributed by atoms with E-state index in [1.54, 1.807) is 9.80 Å². The summed E-state index contributed by atoms with van der Waals surface area (Å²) < 4.78 is 39.6. The molecule has 28 heavy (non-hydrogen) atoms. The summed E-state index contributed by atoms with van der Waals surface area (Å²) in [6.45, 7) is 3.88. The van der Waals surface area contributed by atoms with Crippen LogP contribution in [0.2, 0.25) is 0 Å². The first-order chi connectivity index (χ1) is 13.4. The van der Waals surface area contributed by atoms with Gasteiger partial charge >= 0.3 is 6.18 Å². The highest BCUT2D eigenvalue weighted by atomic mass is 19.4. The maximum absolute atomic E-state index is 13.2. The van der Waals surface area contributed by atoms with Crippen LogP contribution in [0.25, 0.3) is 5.57 Å². The van der Waals surface area contributed by atoms with Crippen LogP contribution in [0.5, 0.6) is 0 Å². The predicted molar refractivity (Wildman–Crippen MR) is 98.1 cm³/mol. The Morgan fingerprint density at radius 1 is 1.25 bits per heavy atom. The third-order valence-electron chi connectivity index (χ3n) is 4.58. The van der Waals surface area contributed by atoms with Gasteiger partial charge in [-0.25, -0.2) is 9.97 Å². The van der Waals surface area contributed by atoms with Gasteiger partial charge in [0.25, 0.3) is 0 Å². The van der Waals surface area contributed by atoms with Crippen LogP contribution in [-0.2, 0) is 11.0 Å². The predicted octanol–water partition coefficient (Wildman–Crippen LogP) is 0.717. The summed E-state index contributed by atoms with van der Waals surface area (Å²) >= 11 is 0. The number of nitrogens with zero attached hydrogens (tertiary/aromatic N) is 4. The van der Waals surface area contributed by atoms with Crippen molar-refractivity contribution in [3.63, 3.8) is 0 Å². The van der Waals surface area contributed by atoms with Crippen molar-refractivity contribution in [3.8, 4) is 0 Å². The molecule has 3 rings (SSSR count). The van der Waals surface area contributed by atoms with Gasteiger partial charge in [-0.05, 0) is 12.5 Å². The number of alkyl halides is 3. The standard InChI is InChI=1S/C17H22F3N7O/c18-17(19,20)14-8-13(24-16(25-14)27-4-1-5-27)12(9-21)10-23-11-15(28)26-6-2-22-3-7-26/h8-10,21-23H,1-7,11H2/b12-10+,21-9?. The molecule has 1 amide bonds. The zero-order valence-electron chi connectivity index (χ0n) is 15.2. The van der Waals surface area contributed by atoms with Crippen molar-refractivity contribution in [3.05, 3.63) is 23.7 Å². The minimum absolute atomic E-state index is 0.000665. The van der Waals surface area contributed by atoms with Crippen molar-refractivity contribution in [2.24, 2.45) is 0 Å². The highest BCUT2D eigenvalue weighted by Gasteiger charge is 2.35. The van der Waals surface area contributed by atoms with Crippen LogP contribution >= 0.6 is 0 Å². The second-order valence-electron chi connectivity index (χ2n) is 6.53. The van der Waals surface area contributed by atoms with Gasteiger partial charge in [-0.1, -0.05) is 0 Å². The highest BCUT2D eigenvalue weighted by molar-refractivity contribution is 6.07. The topological polar surface area (TPSA) is 97.2 Å². The number of hydrogen-bond acceptors (Lipinski definition) is 7. The molecule has 0 aromatic carbocycles. The second kappa shape index (κ2) is 8.55. The molecule has 0 spiro atoms. The van der Waals surface area contributed by atoms with E-state index in [0.29, 0.717) is 26.2 Å². The summed E-state index contributed by atoms with van der Waals surface area (Å²) in [5.74, 6) is -0.109. The monoisotopic (exact) mass is 397 g/mol. The van der Waals surface area contributed by atoms with E-state index >= 15 is 0 Å². The fourth-order valence-corrected chi connectivity index (χ4v) is 2.85. The van der Waals surface area contributed by atoms with Gasteiger partial charge in [-0.15, -0.1) is 0 Å². The molecule has 2 saturated heterocycles. The molecule has 0 atom stereocenters. The van der Waals surface area contributed by atoms with Gasteiger partial charge in [0.05, 0.1) is 12.2 Å². The SMILES string of the molecule is N=C/C(=C\NCC(=O)N1CCNCC1)c1cc(C(F)(F)F)nc(N2CCC2)n1. The molecule has 2 fully saturated rings. The van der Waals surface area contributed by atoms with E-state index in [2.05, 4.69) is 20.6 Å². The fraction of sp³-hybridized carbons (Fsp3) is 0.529. The van der Waals surface area contributed by atoms with Crippen LogP contribution in [0, 0.1) is 5.41 Å². The molecule has 0 saturated carbocycles. The van der Waals surface area contributed by atoms with Gasteiger partial charge in [-0.2, -0.15) is 13.2 Å². The van der Waals surface area contributed by atoms with Crippen LogP contribution in [0.1, 0.15) is 17.8 Å². The zero-order chi connectivity index (χ0) is 20.1. The number of halogens is 3. The van der Waals surface area contributed by atoms with Crippen LogP contribution in [0.3, 0.4) is 0 Å². The van der Waals surface area contributed by atoms with Gasteiger partial charge in [0, 0.05) is 57.3 Å². The Bertz CT molecular complexity index is 756. The van der Waals surface area contributed by atoms with Gasteiger partial charge in [-0.3, -0.25) is 4.79 Å². The lowest BCUT2D eigenvalue weighted by atomic mass is 10.1. The fourth-order valence-electron chi connectivity index (χ4n) is 2.85. The van der Waals surface area contributed by atoms with Gasteiger partial charge in [0.15, 0.2) is 5.69 Å². The Morgan fingerprint density at radius 2 is 1.96 bits per heavy atom. The van der Waals surface area contributed by atoms with E-state index in [1.807, 2.05) is 0 Å². The van der Waals surface area contributed by atoms with E-state index in [1.165, 1.54) is 6.20 Å². The minimum Gasteiger partial charge on any atom is -0.382 e. The molecule has 3 N–H and O–H groups in total. The Morgan fingerprint density at radius 3 is 2.54 bits per heavy atom. The molecule has 152 valence electrons. The molecule has 11 heteroatoms. The number of piperazine rings is 1. The first-order valence-electron chi connectivity index (χ1n) is 9.02. The molecular weight excluding hydrogens is 375 g/mol. The molecule has 0 aliphatic carbocycles. The summed E-state index contributed by atoms with van der Waals surface area (Å²) in [5.41, 5.74) is -0.923. The molecule has 0 unspecified atom stereocenters. The lowest BCUT2D eigenvalue weighted by molar-refractivity contribution is -0.141. The first kappa shape index (κ1) is 20.1. The number of amides is 1. The Hall–Kier alpha value is -2.69. The highest BCUT2D eigenvalue weighted by Crippen LogP contribution is 2.31. The molecule has 1 aromatic heterocycles. The van der Waals surface area contributed by atoms with Crippen LogP contribution < -0.4 is 15.5 Å². The van der Waals surface area contributed by atoms with Crippen LogP contribution in [0.4, 0.5) is 19.1 Å². The maximum atomic E-state index is 13.2. The molecule has 1 aromatic rings. The number of carbonyl (C=O) groups is 1. The van der Waals surface area contributed by atoms with E-state index in [4.69, 9.17) is 5.41 Å². The van der Waals surface area contributed by atoms with Crippen molar-refractivity contribution in [1.82, 2.24) is 25.5 Å². The number of hydrogen-bond donors (Lipinski definition) is 3. The average Bonchev–Trinajstić information content (AvgIpc) is 2.63. The van der Waals surface area contributed by atoms with E-state index in [9.17, 15) is 18.0 Å². The number of aromatic nitrogens is 2. The molecule has 0 radical (unpaired) electrons. The molecular formula is C17H22F3N7O. The first-order valence-corrected chi connectivity index (χ1v) is 9.02. The molecule has 2 aliphatic rings. The lowest BCUT2D eigenvalue weighted by Crippen LogP contribution is -2.48. The van der Waals surface area contributed by atoms with Gasteiger partial charge in [0.2, 0.25) is 11.9 Å². The van der Waals surface area contributed by atoms with Crippen molar-refractivity contribution in [1.29, 1.82) is 5.41 Å². The maximum Gasteiger partial charge on any atom is 0.433 e. The van der Waals surface area contributed by atoms with Gasteiger partial charge in [0.1, 0.15) is 0 Å². The normalized spacial score (nSPS) is 17.9. The van der Waals surface area contributed by atoms with Crippen molar-refractivity contribution in [2.45, 2.75) is 12.6 Å². The minimum atomic E-state index is -4.61. The Balaban J connectivity index is 1.75. The summed E-state index contributed by atoms with van der Waals surface area (Å²) in [6.07, 6.45) is -1.49. The quantitative estimate of drug-likeness (QED) is 0.612. The molecule has 0 bridgehead atoms. The molecule has 8 nitrogen and oxygen atoms in total. The molecule has 2 aliphatic heterocycles. The lowest BCUT2D eigenvalue weighted by Gasteiger charge is -2.31. The number of carbonyl (C=O) groups excluding carboxylic acids is 1. The third kappa shape index (κ3) is 4.77. The second-order valence-corrected chi connectivity index (χ2v) is 6.53. The molecule has 3 heterocycles. The zero-order valence-corrected chi connectivity index (χ0v) is 15.2. The van der Waals surface area contributed by atoms with Gasteiger partial charge < -0.3 is 25.8 Å². The summed E-state index contributed by atoms with van der Waals surface area (Å²) in [6, 6.07) is 0.819. The van der Waals surface area contributed by atoms with E-state index in [-0.39, 0.29) is 29.7 Å². The average molecular weight is 397 g/mol. The van der Waals surface area contributed by atoms with E-state index < -0.39 is 11.9 Å². The largest absolute Gasteiger partial charge is 0.433 e. The third-order valence-corrected chi connectivity index (χ3v) is 4.58.